The highest BCUT2D eigenvalue weighted by molar-refractivity contribution is 5.87. The van der Waals surface area contributed by atoms with Crippen molar-refractivity contribution in [2.75, 3.05) is 19.7 Å². The molecule has 1 N–H and O–H groups in total. The first-order chi connectivity index (χ1) is 8.04. The van der Waals surface area contributed by atoms with Gasteiger partial charge in [-0.2, -0.15) is 0 Å². The molecule has 2 saturated carbocycles. The van der Waals surface area contributed by atoms with Gasteiger partial charge in [0.15, 0.2) is 0 Å². The van der Waals surface area contributed by atoms with Gasteiger partial charge >= 0.3 is 0 Å². The van der Waals surface area contributed by atoms with Crippen molar-refractivity contribution in [3.63, 3.8) is 0 Å². The summed E-state index contributed by atoms with van der Waals surface area (Å²) in [6.07, 6.45) is 5.72. The highest BCUT2D eigenvalue weighted by Gasteiger charge is 2.39. The molecule has 0 aromatic rings. The van der Waals surface area contributed by atoms with Crippen molar-refractivity contribution in [2.45, 2.75) is 52.0 Å². The monoisotopic (exact) mass is 239 g/mol. The molecule has 0 heterocycles. The summed E-state index contributed by atoms with van der Waals surface area (Å²) in [6.45, 7) is 5.97. The molecule has 0 amide bonds. The highest BCUT2D eigenvalue weighted by Crippen LogP contribution is 2.37. The van der Waals surface area contributed by atoms with Crippen LogP contribution >= 0.6 is 0 Å². The molecule has 2 fully saturated rings. The highest BCUT2D eigenvalue weighted by atomic mass is 16.3. The van der Waals surface area contributed by atoms with Crippen molar-refractivity contribution in [1.29, 1.82) is 0 Å². The Morgan fingerprint density at radius 2 is 2.06 bits per heavy atom. The quantitative estimate of drug-likeness (QED) is 0.796. The molecule has 17 heavy (non-hydrogen) atoms. The van der Waals surface area contributed by atoms with Crippen LogP contribution in [0.2, 0.25) is 0 Å². The predicted octanol–water partition coefficient (Wildman–Crippen LogP) is 1.84. The predicted molar refractivity (Wildman–Crippen MR) is 67.8 cm³/mol. The Morgan fingerprint density at radius 3 is 2.65 bits per heavy atom. The second-order valence-electron chi connectivity index (χ2n) is 6.29. The number of rotatable bonds is 5. The van der Waals surface area contributed by atoms with Crippen LogP contribution in [-0.2, 0) is 4.79 Å². The van der Waals surface area contributed by atoms with E-state index in [2.05, 4.69) is 18.7 Å². The van der Waals surface area contributed by atoms with Gasteiger partial charge in [0, 0.05) is 30.5 Å². The zero-order chi connectivity index (χ0) is 12.5. The molecule has 0 aromatic carbocycles. The second-order valence-corrected chi connectivity index (χ2v) is 6.29. The second kappa shape index (κ2) is 5.07. The summed E-state index contributed by atoms with van der Waals surface area (Å²) in [7, 11) is 0. The zero-order valence-electron chi connectivity index (χ0n) is 11.1. The van der Waals surface area contributed by atoms with Crippen molar-refractivity contribution in [3.05, 3.63) is 0 Å². The van der Waals surface area contributed by atoms with Gasteiger partial charge in [0.1, 0.15) is 5.78 Å². The van der Waals surface area contributed by atoms with Crippen LogP contribution in [0.5, 0.6) is 0 Å². The van der Waals surface area contributed by atoms with Gasteiger partial charge in [0.05, 0.1) is 6.61 Å². The van der Waals surface area contributed by atoms with E-state index >= 15 is 0 Å². The van der Waals surface area contributed by atoms with E-state index in [0.717, 1.165) is 25.9 Å². The Morgan fingerprint density at radius 1 is 1.35 bits per heavy atom. The first-order valence-corrected chi connectivity index (χ1v) is 6.94. The fourth-order valence-electron chi connectivity index (χ4n) is 3.05. The lowest BCUT2D eigenvalue weighted by atomic mass is 9.71. The average Bonchev–Trinajstić information content (AvgIpc) is 3.07. The Kier molecular flexibility index (Phi) is 3.88. The van der Waals surface area contributed by atoms with E-state index in [1.165, 1.54) is 19.3 Å². The first-order valence-electron chi connectivity index (χ1n) is 6.94. The maximum absolute atomic E-state index is 12.3. The first kappa shape index (κ1) is 13.0. The van der Waals surface area contributed by atoms with E-state index in [-0.39, 0.29) is 17.9 Å². The summed E-state index contributed by atoms with van der Waals surface area (Å²) in [5.74, 6) is 0.637. The van der Waals surface area contributed by atoms with Gasteiger partial charge < -0.3 is 5.11 Å². The van der Waals surface area contributed by atoms with Crippen LogP contribution < -0.4 is 0 Å². The summed E-state index contributed by atoms with van der Waals surface area (Å²) in [6, 6.07) is 0.639. The van der Waals surface area contributed by atoms with Crippen molar-refractivity contribution >= 4 is 5.78 Å². The minimum absolute atomic E-state index is 0.128. The standard InChI is InChI=1S/C14H25NO2/c1-14(2)7-3-4-11(13(14)17)10-15(8-9-16)12-5-6-12/h11-12,16H,3-10H2,1-2H3. The molecule has 1 atom stereocenters. The molecular weight excluding hydrogens is 214 g/mol. The van der Waals surface area contributed by atoms with E-state index in [4.69, 9.17) is 5.11 Å². The van der Waals surface area contributed by atoms with Gasteiger partial charge in [-0.15, -0.1) is 0 Å². The third kappa shape index (κ3) is 3.08. The molecule has 0 spiro atoms. The topological polar surface area (TPSA) is 40.5 Å². The van der Waals surface area contributed by atoms with Gasteiger partial charge in [0.25, 0.3) is 0 Å². The lowest BCUT2D eigenvalue weighted by Crippen LogP contribution is -2.43. The third-order valence-electron chi connectivity index (χ3n) is 4.30. The average molecular weight is 239 g/mol. The van der Waals surface area contributed by atoms with Crippen molar-refractivity contribution in [1.82, 2.24) is 4.90 Å². The van der Waals surface area contributed by atoms with Crippen LogP contribution in [0.4, 0.5) is 0 Å². The lowest BCUT2D eigenvalue weighted by Gasteiger charge is -2.36. The number of nitrogens with zero attached hydrogens (tertiary/aromatic N) is 1. The molecule has 0 aliphatic heterocycles. The zero-order valence-corrected chi connectivity index (χ0v) is 11.1. The van der Waals surface area contributed by atoms with Crippen molar-refractivity contribution < 1.29 is 9.90 Å². The van der Waals surface area contributed by atoms with E-state index in [0.29, 0.717) is 11.8 Å². The van der Waals surface area contributed by atoms with Gasteiger partial charge in [-0.3, -0.25) is 9.69 Å². The smallest absolute Gasteiger partial charge is 0.142 e. The lowest BCUT2D eigenvalue weighted by molar-refractivity contribution is -0.135. The molecule has 0 aromatic heterocycles. The van der Waals surface area contributed by atoms with Crippen LogP contribution in [-0.4, -0.2) is 41.5 Å². The van der Waals surface area contributed by atoms with E-state index in [1.807, 2.05) is 0 Å². The Bertz CT molecular complexity index is 284. The summed E-state index contributed by atoms with van der Waals surface area (Å²) < 4.78 is 0. The Labute approximate surface area is 104 Å². The number of Topliss-reactive ketones (excluding diaryl/α,β-unsaturated/α-hetero) is 1. The van der Waals surface area contributed by atoms with E-state index < -0.39 is 0 Å². The molecule has 1 unspecified atom stereocenters. The number of carbonyl (C=O) groups is 1. The van der Waals surface area contributed by atoms with Gasteiger partial charge in [-0.25, -0.2) is 0 Å². The number of hydrogen-bond acceptors (Lipinski definition) is 3. The summed E-state index contributed by atoms with van der Waals surface area (Å²) in [5.41, 5.74) is -0.128. The molecule has 0 radical (unpaired) electrons. The van der Waals surface area contributed by atoms with Crippen molar-refractivity contribution in [2.24, 2.45) is 11.3 Å². The van der Waals surface area contributed by atoms with Crippen LogP contribution in [0.15, 0.2) is 0 Å². The van der Waals surface area contributed by atoms with Crippen LogP contribution in [0.3, 0.4) is 0 Å². The van der Waals surface area contributed by atoms with E-state index in [9.17, 15) is 4.79 Å². The molecule has 0 bridgehead atoms. The normalized spacial score (nSPS) is 28.7. The molecule has 98 valence electrons. The Hall–Kier alpha value is -0.410. The van der Waals surface area contributed by atoms with Crippen LogP contribution in [0.25, 0.3) is 0 Å². The largest absolute Gasteiger partial charge is 0.395 e. The molecule has 2 aliphatic carbocycles. The fourth-order valence-corrected chi connectivity index (χ4v) is 3.05. The SMILES string of the molecule is CC1(C)CCCC(CN(CCO)C2CC2)C1=O. The number of ketones is 1. The van der Waals surface area contributed by atoms with Crippen molar-refractivity contribution in [3.8, 4) is 0 Å². The number of carbonyl (C=O) groups excluding carboxylic acids is 1. The number of aliphatic hydroxyl groups excluding tert-OH is 1. The van der Waals surface area contributed by atoms with Crippen LogP contribution in [0.1, 0.15) is 46.0 Å². The minimum atomic E-state index is -0.128. The summed E-state index contributed by atoms with van der Waals surface area (Å²) in [5, 5.41) is 9.08. The molecule has 0 saturated heterocycles. The molecular formula is C14H25NO2. The number of hydrogen-bond donors (Lipinski definition) is 1. The fraction of sp³-hybridized carbons (Fsp3) is 0.929. The molecule has 3 heteroatoms. The van der Waals surface area contributed by atoms with Gasteiger partial charge in [-0.05, 0) is 25.7 Å². The molecule has 2 aliphatic rings. The van der Waals surface area contributed by atoms with Crippen LogP contribution in [0, 0.1) is 11.3 Å². The Balaban J connectivity index is 1.94. The number of aliphatic hydroxyl groups is 1. The maximum Gasteiger partial charge on any atom is 0.142 e. The molecule has 2 rings (SSSR count). The summed E-state index contributed by atoms with van der Waals surface area (Å²) >= 11 is 0. The minimum Gasteiger partial charge on any atom is -0.395 e. The molecule has 3 nitrogen and oxygen atoms in total. The third-order valence-corrected chi connectivity index (χ3v) is 4.30. The van der Waals surface area contributed by atoms with Gasteiger partial charge in [-0.1, -0.05) is 20.3 Å². The maximum atomic E-state index is 12.3. The van der Waals surface area contributed by atoms with Gasteiger partial charge in [0.2, 0.25) is 0 Å². The van der Waals surface area contributed by atoms with E-state index in [1.54, 1.807) is 0 Å². The summed E-state index contributed by atoms with van der Waals surface area (Å²) in [4.78, 5) is 14.7.